The number of aromatic nitrogens is 1. The van der Waals surface area contributed by atoms with Gasteiger partial charge in [-0.1, -0.05) is 48.5 Å². The third-order valence-corrected chi connectivity index (χ3v) is 4.04. The van der Waals surface area contributed by atoms with E-state index in [1.807, 2.05) is 6.07 Å². The fraction of sp³-hybridized carbons (Fsp3) is 0.0588. The number of oxazole rings is 1. The molecule has 3 aromatic rings. The molecule has 1 aromatic heterocycles. The van der Waals surface area contributed by atoms with Gasteiger partial charge in [0.15, 0.2) is 11.6 Å². The van der Waals surface area contributed by atoms with Crippen molar-refractivity contribution in [2.24, 2.45) is 0 Å². The summed E-state index contributed by atoms with van der Waals surface area (Å²) in [4.78, 5) is 16.3. The first kappa shape index (κ1) is 15.9. The van der Waals surface area contributed by atoms with E-state index < -0.39 is 21.0 Å². The SMILES string of the molecule is CS(=O)(=O)c1nc(NC(=O)c2ccccc2)c(-c2ccccc2)o1. The van der Waals surface area contributed by atoms with Gasteiger partial charge >= 0.3 is 5.22 Å². The topological polar surface area (TPSA) is 89.3 Å². The van der Waals surface area contributed by atoms with Crippen molar-refractivity contribution in [2.75, 3.05) is 11.6 Å². The van der Waals surface area contributed by atoms with E-state index in [1.54, 1.807) is 54.6 Å². The maximum atomic E-state index is 12.3. The number of amides is 1. The van der Waals surface area contributed by atoms with E-state index in [0.717, 1.165) is 6.26 Å². The molecule has 3 rings (SSSR count). The molecule has 0 saturated carbocycles. The Morgan fingerprint density at radius 3 is 2.17 bits per heavy atom. The Labute approximate surface area is 139 Å². The number of rotatable bonds is 4. The van der Waals surface area contributed by atoms with Gasteiger partial charge in [0.25, 0.3) is 5.91 Å². The normalized spacial score (nSPS) is 11.2. The smallest absolute Gasteiger partial charge is 0.317 e. The Kier molecular flexibility index (Phi) is 4.18. The monoisotopic (exact) mass is 342 g/mol. The van der Waals surface area contributed by atoms with E-state index in [-0.39, 0.29) is 11.6 Å². The number of nitrogens with zero attached hydrogens (tertiary/aromatic N) is 1. The Bertz CT molecular complexity index is 964. The lowest BCUT2D eigenvalue weighted by Gasteiger charge is -2.04. The van der Waals surface area contributed by atoms with Crippen LogP contribution in [0.15, 0.2) is 70.3 Å². The van der Waals surface area contributed by atoms with Crippen LogP contribution in [0.4, 0.5) is 5.82 Å². The van der Waals surface area contributed by atoms with Gasteiger partial charge in [0, 0.05) is 17.4 Å². The van der Waals surface area contributed by atoms with Crippen molar-refractivity contribution in [1.82, 2.24) is 4.98 Å². The van der Waals surface area contributed by atoms with Crippen LogP contribution in [0.3, 0.4) is 0 Å². The number of hydrogen-bond donors (Lipinski definition) is 1. The molecule has 7 heteroatoms. The number of carbonyl (C=O) groups is 1. The minimum atomic E-state index is -3.64. The zero-order valence-electron chi connectivity index (χ0n) is 12.8. The van der Waals surface area contributed by atoms with E-state index in [4.69, 9.17) is 4.42 Å². The number of nitrogens with one attached hydrogen (secondary N) is 1. The lowest BCUT2D eigenvalue weighted by molar-refractivity contribution is 0.102. The molecule has 0 fully saturated rings. The summed E-state index contributed by atoms with van der Waals surface area (Å²) < 4.78 is 28.8. The highest BCUT2D eigenvalue weighted by Crippen LogP contribution is 2.30. The number of benzene rings is 2. The lowest BCUT2D eigenvalue weighted by atomic mass is 10.1. The van der Waals surface area contributed by atoms with Gasteiger partial charge in [-0.05, 0) is 12.1 Å². The van der Waals surface area contributed by atoms with E-state index in [9.17, 15) is 13.2 Å². The first-order valence-electron chi connectivity index (χ1n) is 7.08. The number of hydrogen-bond acceptors (Lipinski definition) is 5. The van der Waals surface area contributed by atoms with Crippen molar-refractivity contribution in [3.05, 3.63) is 66.2 Å². The highest BCUT2D eigenvalue weighted by Gasteiger charge is 2.23. The van der Waals surface area contributed by atoms with Crippen molar-refractivity contribution in [2.45, 2.75) is 5.22 Å². The molecule has 1 amide bonds. The molecule has 0 aliphatic carbocycles. The summed E-state index contributed by atoms with van der Waals surface area (Å²) >= 11 is 0. The van der Waals surface area contributed by atoms with E-state index in [0.29, 0.717) is 11.1 Å². The first-order valence-corrected chi connectivity index (χ1v) is 8.97. The van der Waals surface area contributed by atoms with Gasteiger partial charge in [-0.3, -0.25) is 4.79 Å². The maximum Gasteiger partial charge on any atom is 0.317 e. The second-order valence-electron chi connectivity index (χ2n) is 5.12. The molecule has 0 spiro atoms. The molecule has 6 nitrogen and oxygen atoms in total. The maximum absolute atomic E-state index is 12.3. The van der Waals surface area contributed by atoms with Gasteiger partial charge in [-0.15, -0.1) is 0 Å². The van der Waals surface area contributed by atoms with Crippen LogP contribution in [-0.2, 0) is 9.84 Å². The van der Waals surface area contributed by atoms with Crippen LogP contribution in [0.1, 0.15) is 10.4 Å². The molecule has 0 radical (unpaired) electrons. The van der Waals surface area contributed by atoms with Gasteiger partial charge in [0.1, 0.15) is 0 Å². The number of anilines is 1. The molecule has 24 heavy (non-hydrogen) atoms. The Balaban J connectivity index is 2.03. The van der Waals surface area contributed by atoms with E-state index >= 15 is 0 Å². The zero-order chi connectivity index (χ0) is 17.2. The molecule has 0 unspecified atom stereocenters. The lowest BCUT2D eigenvalue weighted by Crippen LogP contribution is -2.12. The summed E-state index contributed by atoms with van der Waals surface area (Å²) in [7, 11) is -3.64. The fourth-order valence-electron chi connectivity index (χ4n) is 2.10. The van der Waals surface area contributed by atoms with E-state index in [1.165, 1.54) is 0 Å². The Morgan fingerprint density at radius 1 is 1.00 bits per heavy atom. The number of carbonyl (C=O) groups excluding carboxylic acids is 1. The third kappa shape index (κ3) is 3.36. The molecule has 0 saturated heterocycles. The van der Waals surface area contributed by atoms with Crippen molar-refractivity contribution in [1.29, 1.82) is 0 Å². The molecule has 122 valence electrons. The standard InChI is InChI=1S/C17H14N2O4S/c1-24(21,22)17-19-15(14(23-17)12-8-4-2-5-9-12)18-16(20)13-10-6-3-7-11-13/h2-11H,1H3,(H,18,20). The Hall–Kier alpha value is -2.93. The van der Waals surface area contributed by atoms with Crippen LogP contribution in [0.25, 0.3) is 11.3 Å². The van der Waals surface area contributed by atoms with Crippen LogP contribution < -0.4 is 5.32 Å². The molecule has 1 N–H and O–H groups in total. The van der Waals surface area contributed by atoms with Crippen LogP contribution >= 0.6 is 0 Å². The quantitative estimate of drug-likeness (QED) is 0.787. The predicted molar refractivity (Wildman–Crippen MR) is 89.4 cm³/mol. The van der Waals surface area contributed by atoms with Crippen LogP contribution in [0, 0.1) is 0 Å². The zero-order valence-corrected chi connectivity index (χ0v) is 13.6. The van der Waals surface area contributed by atoms with Gasteiger partial charge in [-0.2, -0.15) is 4.98 Å². The molecular weight excluding hydrogens is 328 g/mol. The first-order chi connectivity index (χ1) is 11.4. The predicted octanol–water partition coefficient (Wildman–Crippen LogP) is 3.00. The van der Waals surface area contributed by atoms with Crippen LogP contribution in [0.5, 0.6) is 0 Å². The summed E-state index contributed by atoms with van der Waals surface area (Å²) in [6.07, 6.45) is 0.996. The van der Waals surface area contributed by atoms with Gasteiger partial charge in [0.2, 0.25) is 9.84 Å². The average Bonchev–Trinajstić information content (AvgIpc) is 3.00. The summed E-state index contributed by atoms with van der Waals surface area (Å²) in [5, 5.41) is 2.17. The average molecular weight is 342 g/mol. The van der Waals surface area contributed by atoms with Gasteiger partial charge in [0.05, 0.1) is 0 Å². The van der Waals surface area contributed by atoms with Crippen LogP contribution in [0.2, 0.25) is 0 Å². The second kappa shape index (κ2) is 6.29. The largest absolute Gasteiger partial charge is 0.426 e. The number of sulfone groups is 1. The summed E-state index contributed by atoms with van der Waals surface area (Å²) in [5.74, 6) is -0.142. The van der Waals surface area contributed by atoms with Gasteiger partial charge < -0.3 is 9.73 Å². The summed E-state index contributed by atoms with van der Waals surface area (Å²) in [5.41, 5.74) is 1.05. The van der Waals surface area contributed by atoms with Crippen molar-refractivity contribution in [3.63, 3.8) is 0 Å². The molecule has 0 bridgehead atoms. The fourth-order valence-corrected chi connectivity index (χ4v) is 2.59. The molecule has 2 aromatic carbocycles. The molecule has 1 heterocycles. The van der Waals surface area contributed by atoms with Crippen molar-refractivity contribution < 1.29 is 17.6 Å². The minimum Gasteiger partial charge on any atom is -0.426 e. The van der Waals surface area contributed by atoms with Gasteiger partial charge in [-0.25, -0.2) is 8.42 Å². The second-order valence-corrected chi connectivity index (χ2v) is 7.01. The van der Waals surface area contributed by atoms with Crippen LogP contribution in [-0.4, -0.2) is 25.6 Å². The minimum absolute atomic E-state index is 0.0653. The third-order valence-electron chi connectivity index (χ3n) is 3.23. The van der Waals surface area contributed by atoms with E-state index in [2.05, 4.69) is 10.3 Å². The molecular formula is C17H14N2O4S. The molecule has 0 aliphatic heterocycles. The summed E-state index contributed by atoms with van der Waals surface area (Å²) in [6.45, 7) is 0. The Morgan fingerprint density at radius 2 is 1.58 bits per heavy atom. The molecule has 0 atom stereocenters. The molecule has 0 aliphatic rings. The highest BCUT2D eigenvalue weighted by atomic mass is 32.2. The highest BCUT2D eigenvalue weighted by molar-refractivity contribution is 7.90. The van der Waals surface area contributed by atoms with Crippen molar-refractivity contribution in [3.8, 4) is 11.3 Å². The summed E-state index contributed by atoms with van der Waals surface area (Å²) in [6, 6.07) is 17.4. The van der Waals surface area contributed by atoms with Crippen molar-refractivity contribution >= 4 is 21.6 Å².